The van der Waals surface area contributed by atoms with Crippen LogP contribution in [0.2, 0.25) is 0 Å². The van der Waals surface area contributed by atoms with E-state index in [1.807, 2.05) is 0 Å². The summed E-state index contributed by atoms with van der Waals surface area (Å²) in [6.45, 7) is 9.40. The van der Waals surface area contributed by atoms with Crippen molar-refractivity contribution in [1.82, 2.24) is 0 Å². The number of hydrogen-bond acceptors (Lipinski definition) is 0. The van der Waals surface area contributed by atoms with Crippen LogP contribution < -0.4 is 12.4 Å². The molecule has 2 heteroatoms. The Hall–Kier alpha value is 0.720. The van der Waals surface area contributed by atoms with E-state index in [0.29, 0.717) is 0 Å². The van der Waals surface area contributed by atoms with E-state index < -0.39 is 7.26 Å². The van der Waals surface area contributed by atoms with Crippen molar-refractivity contribution in [3.05, 3.63) is 0 Å². The number of halogens is 1. The average Bonchev–Trinajstić information content (AvgIpc) is 2.68. The van der Waals surface area contributed by atoms with Crippen molar-refractivity contribution >= 4 is 7.26 Å². The maximum Gasteiger partial charge on any atom is 0.0594 e. The summed E-state index contributed by atoms with van der Waals surface area (Å²) in [4.78, 5) is 0. The number of hydrogen-bond donors (Lipinski definition) is 0. The van der Waals surface area contributed by atoms with Gasteiger partial charge in [0, 0.05) is 7.26 Å². The summed E-state index contributed by atoms with van der Waals surface area (Å²) >= 11 is 0. The van der Waals surface area contributed by atoms with Gasteiger partial charge in [0.25, 0.3) is 0 Å². The van der Waals surface area contributed by atoms with Gasteiger partial charge < -0.3 is 12.4 Å². The minimum absolute atomic E-state index is 0. The van der Waals surface area contributed by atoms with Crippen LogP contribution in [0, 0.1) is 0 Å². The lowest BCUT2D eigenvalue weighted by Crippen LogP contribution is -3.00. The van der Waals surface area contributed by atoms with Crippen molar-refractivity contribution in [2.45, 2.75) is 143 Å². The molecule has 0 radical (unpaired) electrons. The van der Waals surface area contributed by atoms with Crippen molar-refractivity contribution in [2.75, 3.05) is 24.6 Å². The molecule has 0 heterocycles. The van der Waals surface area contributed by atoms with E-state index in [0.717, 1.165) is 0 Å². The van der Waals surface area contributed by atoms with Crippen LogP contribution in [0.15, 0.2) is 0 Å². The molecular formula is C26H56ClP. The minimum Gasteiger partial charge on any atom is -1.00 e. The van der Waals surface area contributed by atoms with Crippen LogP contribution in [0.5, 0.6) is 0 Å². The fraction of sp³-hybridized carbons (Fsp3) is 1.00. The van der Waals surface area contributed by atoms with Gasteiger partial charge >= 0.3 is 0 Å². The molecule has 0 fully saturated rings. The van der Waals surface area contributed by atoms with E-state index in [4.69, 9.17) is 0 Å². The standard InChI is InChI=1S/C26H56P.ClH/c1-5-9-13-17-21-25-27(23-19-15-11-7-3,24-20-16-12-8-4)26-22-18-14-10-6-2;/h5-26H2,1-4H3;1H/q+1;/p-1. The van der Waals surface area contributed by atoms with Gasteiger partial charge in [-0.25, -0.2) is 0 Å². The minimum atomic E-state index is -0.674. The Bertz CT molecular complexity index is 252. The highest BCUT2D eigenvalue weighted by atomic mass is 35.5. The fourth-order valence-corrected chi connectivity index (χ4v) is 9.44. The Balaban J connectivity index is 0. The molecule has 0 aromatic carbocycles. The van der Waals surface area contributed by atoms with Crippen LogP contribution in [0.1, 0.15) is 143 Å². The molecule has 0 unspecified atom stereocenters. The van der Waals surface area contributed by atoms with Crippen LogP contribution >= 0.6 is 7.26 Å². The monoisotopic (exact) mass is 434 g/mol. The van der Waals surface area contributed by atoms with E-state index in [2.05, 4.69) is 27.7 Å². The average molecular weight is 435 g/mol. The van der Waals surface area contributed by atoms with Gasteiger partial charge in [-0.3, -0.25) is 0 Å². The van der Waals surface area contributed by atoms with Crippen LogP contribution in [-0.2, 0) is 0 Å². The maximum atomic E-state index is 2.36. The van der Waals surface area contributed by atoms with Crippen molar-refractivity contribution in [1.29, 1.82) is 0 Å². The Morgan fingerprint density at radius 1 is 0.321 bits per heavy atom. The molecule has 0 aliphatic rings. The lowest BCUT2D eigenvalue weighted by molar-refractivity contribution is -0.00000624. The molecule has 0 aliphatic carbocycles. The van der Waals surface area contributed by atoms with E-state index in [-0.39, 0.29) is 12.4 Å². The molecule has 0 spiro atoms. The molecule has 0 saturated heterocycles. The maximum absolute atomic E-state index is 2.36. The molecule has 0 aromatic heterocycles. The second-order valence-corrected chi connectivity index (χ2v) is 13.7. The van der Waals surface area contributed by atoms with Gasteiger partial charge in [-0.1, -0.05) is 91.9 Å². The van der Waals surface area contributed by atoms with E-state index in [9.17, 15) is 0 Å². The van der Waals surface area contributed by atoms with Gasteiger partial charge in [-0.2, -0.15) is 0 Å². The molecule has 172 valence electrons. The fourth-order valence-electron chi connectivity index (χ4n) is 4.52. The van der Waals surface area contributed by atoms with E-state index in [1.165, 1.54) is 89.9 Å². The van der Waals surface area contributed by atoms with Crippen molar-refractivity contribution in [3.63, 3.8) is 0 Å². The molecule has 0 aromatic rings. The highest BCUT2D eigenvalue weighted by molar-refractivity contribution is 7.75. The summed E-state index contributed by atoms with van der Waals surface area (Å²) in [6, 6.07) is 0. The predicted molar refractivity (Wildman–Crippen MR) is 132 cm³/mol. The predicted octanol–water partition coefficient (Wildman–Crippen LogP) is 7.11. The van der Waals surface area contributed by atoms with Gasteiger partial charge in [0.2, 0.25) is 0 Å². The summed E-state index contributed by atoms with van der Waals surface area (Å²) in [6.07, 6.45) is 33.1. The highest BCUT2D eigenvalue weighted by Gasteiger charge is 2.34. The first kappa shape index (κ1) is 30.9. The third-order valence-electron chi connectivity index (χ3n) is 6.44. The lowest BCUT2D eigenvalue weighted by Gasteiger charge is -2.28. The molecular weight excluding hydrogens is 379 g/mol. The Morgan fingerprint density at radius 2 is 0.536 bits per heavy atom. The first-order chi connectivity index (χ1) is 13.2. The molecule has 0 aliphatic heterocycles. The van der Waals surface area contributed by atoms with Crippen LogP contribution in [0.25, 0.3) is 0 Å². The highest BCUT2D eigenvalue weighted by Crippen LogP contribution is 2.61. The van der Waals surface area contributed by atoms with Crippen molar-refractivity contribution in [2.24, 2.45) is 0 Å². The lowest BCUT2D eigenvalue weighted by atomic mass is 10.2. The molecule has 0 atom stereocenters. The summed E-state index contributed by atoms with van der Waals surface area (Å²) in [7, 11) is -0.674. The molecule has 0 rings (SSSR count). The molecule has 0 saturated carbocycles. The van der Waals surface area contributed by atoms with Gasteiger partial charge in [-0.15, -0.1) is 0 Å². The zero-order valence-electron chi connectivity index (χ0n) is 20.4. The molecule has 28 heavy (non-hydrogen) atoms. The zero-order valence-corrected chi connectivity index (χ0v) is 22.0. The zero-order chi connectivity index (χ0) is 20.1. The SMILES string of the molecule is CCCCCCC[P+](CCCCCC)(CCCCCC)CCCCCCC.[Cl-]. The van der Waals surface area contributed by atoms with E-state index in [1.54, 1.807) is 50.3 Å². The van der Waals surface area contributed by atoms with Gasteiger partial charge in [0.05, 0.1) is 24.6 Å². The quantitative estimate of drug-likeness (QED) is 0.126. The van der Waals surface area contributed by atoms with E-state index >= 15 is 0 Å². The smallest absolute Gasteiger partial charge is 0.0594 e. The summed E-state index contributed by atoms with van der Waals surface area (Å²) < 4.78 is 0. The van der Waals surface area contributed by atoms with Crippen LogP contribution in [0.3, 0.4) is 0 Å². The van der Waals surface area contributed by atoms with Crippen LogP contribution in [0.4, 0.5) is 0 Å². The molecule has 0 amide bonds. The van der Waals surface area contributed by atoms with Crippen molar-refractivity contribution in [3.8, 4) is 0 Å². The number of unbranched alkanes of at least 4 members (excludes halogenated alkanes) is 14. The first-order valence-corrected chi connectivity index (χ1v) is 15.6. The van der Waals surface area contributed by atoms with Gasteiger partial charge in [0.1, 0.15) is 0 Å². The molecule has 0 nitrogen and oxygen atoms in total. The Morgan fingerprint density at radius 3 is 0.786 bits per heavy atom. The van der Waals surface area contributed by atoms with Crippen molar-refractivity contribution < 1.29 is 12.4 Å². The second kappa shape index (κ2) is 24.0. The largest absolute Gasteiger partial charge is 1.00 e. The second-order valence-electron chi connectivity index (χ2n) is 9.19. The third-order valence-corrected chi connectivity index (χ3v) is 11.5. The normalized spacial score (nSPS) is 11.6. The number of rotatable bonds is 22. The molecule has 0 N–H and O–H groups in total. The third kappa shape index (κ3) is 18.7. The topological polar surface area (TPSA) is 0 Å². The summed E-state index contributed by atoms with van der Waals surface area (Å²) in [5.41, 5.74) is 0. The first-order valence-electron chi connectivity index (χ1n) is 13.1. The van der Waals surface area contributed by atoms with Crippen LogP contribution in [-0.4, -0.2) is 24.6 Å². The Labute approximate surface area is 187 Å². The van der Waals surface area contributed by atoms with Gasteiger partial charge in [-0.05, 0) is 51.4 Å². The summed E-state index contributed by atoms with van der Waals surface area (Å²) in [5.74, 6) is 0. The summed E-state index contributed by atoms with van der Waals surface area (Å²) in [5, 5.41) is 0. The molecule has 0 bridgehead atoms. The Kier molecular flexibility index (Phi) is 26.5. The van der Waals surface area contributed by atoms with Gasteiger partial charge in [0.15, 0.2) is 0 Å².